The third-order valence-corrected chi connectivity index (χ3v) is 6.82. The first-order valence-electron chi connectivity index (χ1n) is 11.1. The summed E-state index contributed by atoms with van der Waals surface area (Å²) in [5, 5.41) is 4.72. The SMILES string of the molecule is c1nc2c(C3CCCCC3)c[nH]c2cc1Nc1ccc2c3c([nH]c2n1)CCCC3. The summed E-state index contributed by atoms with van der Waals surface area (Å²) in [6.45, 7) is 0. The molecule has 0 radical (unpaired) electrons. The van der Waals surface area contributed by atoms with Gasteiger partial charge in [-0.15, -0.1) is 0 Å². The first-order chi connectivity index (χ1) is 14.3. The number of pyridine rings is 2. The minimum atomic E-state index is 0.659. The lowest BCUT2D eigenvalue weighted by molar-refractivity contribution is 0.445. The van der Waals surface area contributed by atoms with Crippen LogP contribution < -0.4 is 5.32 Å². The lowest BCUT2D eigenvalue weighted by Gasteiger charge is -2.20. The van der Waals surface area contributed by atoms with Crippen LogP contribution >= 0.6 is 0 Å². The number of H-pyrrole nitrogens is 2. The molecule has 0 atom stereocenters. The fraction of sp³-hybridized carbons (Fsp3) is 0.417. The Hall–Kier alpha value is -2.82. The Bertz CT molecular complexity index is 1180. The van der Waals surface area contributed by atoms with Crippen LogP contribution in [0.5, 0.6) is 0 Å². The fourth-order valence-electron chi connectivity index (χ4n) is 5.32. The van der Waals surface area contributed by atoms with E-state index in [4.69, 9.17) is 9.97 Å². The van der Waals surface area contributed by atoms with Crippen LogP contribution in [-0.2, 0) is 12.8 Å². The average molecular weight is 386 g/mol. The van der Waals surface area contributed by atoms with Crippen molar-refractivity contribution in [2.45, 2.75) is 63.7 Å². The Balaban J connectivity index is 1.28. The molecule has 4 aromatic heterocycles. The second kappa shape index (κ2) is 6.90. The van der Waals surface area contributed by atoms with E-state index in [9.17, 15) is 0 Å². The van der Waals surface area contributed by atoms with Gasteiger partial charge in [-0.2, -0.15) is 0 Å². The summed E-state index contributed by atoms with van der Waals surface area (Å²) in [6.07, 6.45) is 15.6. The van der Waals surface area contributed by atoms with Crippen LogP contribution in [0.25, 0.3) is 22.1 Å². The molecular weight excluding hydrogens is 358 g/mol. The molecule has 6 rings (SSSR count). The highest BCUT2D eigenvalue weighted by atomic mass is 15.0. The number of aryl methyl sites for hydroxylation is 2. The Morgan fingerprint density at radius 3 is 2.83 bits per heavy atom. The van der Waals surface area contributed by atoms with E-state index in [-0.39, 0.29) is 0 Å². The molecule has 2 aliphatic rings. The molecule has 29 heavy (non-hydrogen) atoms. The number of anilines is 2. The quantitative estimate of drug-likeness (QED) is 0.398. The maximum absolute atomic E-state index is 4.83. The highest BCUT2D eigenvalue weighted by Crippen LogP contribution is 2.36. The van der Waals surface area contributed by atoms with Crippen LogP contribution in [0.4, 0.5) is 11.5 Å². The Kier molecular flexibility index (Phi) is 4.06. The van der Waals surface area contributed by atoms with Gasteiger partial charge in [-0.1, -0.05) is 19.3 Å². The standard InChI is InChI=1S/C24H27N5/c1-2-6-15(7-3-1)19-14-25-21-12-16(13-26-23(19)21)27-22-11-10-18-17-8-4-5-9-20(17)28-24(18)29-22/h10-15,25H,1-9H2,(H2,27,28,29). The fourth-order valence-corrected chi connectivity index (χ4v) is 5.32. The maximum Gasteiger partial charge on any atom is 0.140 e. The van der Waals surface area contributed by atoms with E-state index in [1.165, 1.54) is 73.6 Å². The maximum atomic E-state index is 4.83. The van der Waals surface area contributed by atoms with E-state index in [1.807, 2.05) is 6.20 Å². The summed E-state index contributed by atoms with van der Waals surface area (Å²) >= 11 is 0. The number of hydrogen-bond donors (Lipinski definition) is 3. The Morgan fingerprint density at radius 1 is 1.00 bits per heavy atom. The lowest BCUT2D eigenvalue weighted by atomic mass is 9.85. The minimum Gasteiger partial charge on any atom is -0.359 e. The molecule has 0 spiro atoms. The third kappa shape index (κ3) is 3.00. The minimum absolute atomic E-state index is 0.659. The smallest absolute Gasteiger partial charge is 0.140 e. The van der Waals surface area contributed by atoms with Crippen molar-refractivity contribution in [1.82, 2.24) is 19.9 Å². The molecule has 2 aliphatic carbocycles. The second-order valence-electron chi connectivity index (χ2n) is 8.71. The topological polar surface area (TPSA) is 69.4 Å². The molecule has 148 valence electrons. The monoisotopic (exact) mass is 385 g/mol. The first-order valence-corrected chi connectivity index (χ1v) is 11.1. The highest BCUT2D eigenvalue weighted by molar-refractivity contribution is 5.85. The summed E-state index contributed by atoms with van der Waals surface area (Å²) in [7, 11) is 0. The molecule has 5 heteroatoms. The van der Waals surface area contributed by atoms with E-state index in [1.54, 1.807) is 0 Å². The summed E-state index contributed by atoms with van der Waals surface area (Å²) in [6, 6.07) is 6.44. The molecule has 4 heterocycles. The van der Waals surface area contributed by atoms with Gasteiger partial charge in [0.1, 0.15) is 11.5 Å². The van der Waals surface area contributed by atoms with Gasteiger partial charge >= 0.3 is 0 Å². The number of nitrogens with zero attached hydrogens (tertiary/aromatic N) is 2. The van der Waals surface area contributed by atoms with E-state index in [0.717, 1.165) is 34.6 Å². The summed E-state index contributed by atoms with van der Waals surface area (Å²) in [4.78, 5) is 16.6. The molecule has 0 aliphatic heterocycles. The molecule has 0 saturated heterocycles. The van der Waals surface area contributed by atoms with Crippen LogP contribution in [0.1, 0.15) is 67.7 Å². The molecule has 0 amide bonds. The Labute approximate surface area is 170 Å². The number of hydrogen-bond acceptors (Lipinski definition) is 3. The number of aromatic amines is 2. The van der Waals surface area contributed by atoms with Gasteiger partial charge in [0.25, 0.3) is 0 Å². The molecule has 4 aromatic rings. The normalized spacial score (nSPS) is 17.7. The van der Waals surface area contributed by atoms with Crippen molar-refractivity contribution in [3.63, 3.8) is 0 Å². The Morgan fingerprint density at radius 2 is 1.90 bits per heavy atom. The van der Waals surface area contributed by atoms with Crippen LogP contribution in [0.3, 0.4) is 0 Å². The van der Waals surface area contributed by atoms with Gasteiger partial charge in [-0.05, 0) is 73.8 Å². The predicted octanol–water partition coefficient (Wildman–Crippen LogP) is 6.11. The molecule has 0 aromatic carbocycles. The molecular formula is C24H27N5. The number of rotatable bonds is 3. The zero-order valence-electron chi connectivity index (χ0n) is 16.7. The van der Waals surface area contributed by atoms with Crippen molar-refractivity contribution in [3.05, 3.63) is 47.4 Å². The second-order valence-corrected chi connectivity index (χ2v) is 8.71. The van der Waals surface area contributed by atoms with Crippen LogP contribution in [0, 0.1) is 0 Å². The van der Waals surface area contributed by atoms with Gasteiger partial charge in [0.15, 0.2) is 0 Å². The van der Waals surface area contributed by atoms with Crippen molar-refractivity contribution in [2.75, 3.05) is 5.32 Å². The third-order valence-electron chi connectivity index (χ3n) is 6.82. The highest BCUT2D eigenvalue weighted by Gasteiger charge is 2.20. The van der Waals surface area contributed by atoms with E-state index < -0.39 is 0 Å². The van der Waals surface area contributed by atoms with Crippen molar-refractivity contribution >= 4 is 33.6 Å². The first kappa shape index (κ1) is 17.1. The van der Waals surface area contributed by atoms with Crippen molar-refractivity contribution < 1.29 is 0 Å². The molecule has 1 fully saturated rings. The largest absolute Gasteiger partial charge is 0.359 e. The van der Waals surface area contributed by atoms with Gasteiger partial charge in [-0.25, -0.2) is 4.98 Å². The van der Waals surface area contributed by atoms with Gasteiger partial charge in [0, 0.05) is 17.3 Å². The average Bonchev–Trinajstić information content (AvgIpc) is 3.35. The summed E-state index contributed by atoms with van der Waals surface area (Å²) in [5.74, 6) is 1.52. The van der Waals surface area contributed by atoms with Crippen LogP contribution in [0.2, 0.25) is 0 Å². The predicted molar refractivity (Wildman–Crippen MR) is 118 cm³/mol. The molecule has 0 unspecified atom stereocenters. The van der Waals surface area contributed by atoms with Gasteiger partial charge in [0.2, 0.25) is 0 Å². The zero-order valence-corrected chi connectivity index (χ0v) is 16.7. The summed E-state index contributed by atoms with van der Waals surface area (Å²) < 4.78 is 0. The van der Waals surface area contributed by atoms with E-state index in [0.29, 0.717) is 5.92 Å². The van der Waals surface area contributed by atoms with Gasteiger partial charge in [-0.3, -0.25) is 4.98 Å². The number of aromatic nitrogens is 4. The molecule has 0 bridgehead atoms. The van der Waals surface area contributed by atoms with Gasteiger partial charge < -0.3 is 15.3 Å². The zero-order chi connectivity index (χ0) is 19.2. The van der Waals surface area contributed by atoms with Crippen molar-refractivity contribution in [2.24, 2.45) is 0 Å². The molecule has 1 saturated carbocycles. The number of fused-ring (bicyclic) bond motifs is 4. The van der Waals surface area contributed by atoms with Crippen molar-refractivity contribution in [1.29, 1.82) is 0 Å². The molecule has 5 nitrogen and oxygen atoms in total. The molecule has 3 N–H and O–H groups in total. The van der Waals surface area contributed by atoms with Crippen LogP contribution in [0.15, 0.2) is 30.6 Å². The van der Waals surface area contributed by atoms with E-state index >= 15 is 0 Å². The van der Waals surface area contributed by atoms with Crippen LogP contribution in [-0.4, -0.2) is 19.9 Å². The van der Waals surface area contributed by atoms with Gasteiger partial charge in [0.05, 0.1) is 22.9 Å². The van der Waals surface area contributed by atoms with Crippen molar-refractivity contribution in [3.8, 4) is 0 Å². The number of nitrogens with one attached hydrogen (secondary N) is 3. The van der Waals surface area contributed by atoms with E-state index in [2.05, 4.69) is 39.7 Å². The lowest BCUT2D eigenvalue weighted by Crippen LogP contribution is -2.04. The summed E-state index contributed by atoms with van der Waals surface area (Å²) in [5.41, 5.74) is 8.43.